The van der Waals surface area contributed by atoms with Gasteiger partial charge in [0, 0.05) is 24.7 Å². The van der Waals surface area contributed by atoms with Gasteiger partial charge in [0.25, 0.3) is 0 Å². The van der Waals surface area contributed by atoms with Gasteiger partial charge in [-0.3, -0.25) is 0 Å². The Kier molecular flexibility index (Phi) is 8.65. The van der Waals surface area contributed by atoms with Gasteiger partial charge in [0.1, 0.15) is 0 Å². The van der Waals surface area contributed by atoms with Crippen molar-refractivity contribution in [3.8, 4) is 11.5 Å². The topological polar surface area (TPSA) is 39.7 Å². The van der Waals surface area contributed by atoms with Crippen LogP contribution < -0.4 is 14.8 Å². The third-order valence-corrected chi connectivity index (χ3v) is 3.47. The van der Waals surface area contributed by atoms with Crippen molar-refractivity contribution >= 4 is 15.9 Å². The maximum absolute atomic E-state index is 5.64. The highest BCUT2D eigenvalue weighted by Crippen LogP contribution is 2.33. The molecule has 0 heterocycles. The molecule has 0 aliphatic rings. The Labute approximate surface area is 129 Å². The Morgan fingerprint density at radius 1 is 1.10 bits per heavy atom. The second kappa shape index (κ2) is 10.0. The first-order chi connectivity index (χ1) is 9.72. The Morgan fingerprint density at radius 2 is 1.75 bits per heavy atom. The number of hydrogen-bond acceptors (Lipinski definition) is 4. The minimum absolute atomic E-state index is 0.626. The lowest BCUT2D eigenvalue weighted by molar-refractivity contribution is 0.194. The molecular weight excluding hydrogens is 322 g/mol. The summed E-state index contributed by atoms with van der Waals surface area (Å²) in [5, 5.41) is 3.39. The molecule has 0 saturated heterocycles. The molecule has 0 radical (unpaired) electrons. The summed E-state index contributed by atoms with van der Waals surface area (Å²) in [4.78, 5) is 0. The van der Waals surface area contributed by atoms with Crippen LogP contribution in [0.1, 0.15) is 25.8 Å². The van der Waals surface area contributed by atoms with Gasteiger partial charge in [0.2, 0.25) is 0 Å². The van der Waals surface area contributed by atoms with Crippen molar-refractivity contribution in [1.82, 2.24) is 5.32 Å². The molecule has 0 aromatic heterocycles. The zero-order chi connectivity index (χ0) is 14.8. The molecule has 114 valence electrons. The van der Waals surface area contributed by atoms with Crippen molar-refractivity contribution in [2.75, 3.05) is 33.5 Å². The van der Waals surface area contributed by atoms with E-state index in [1.54, 1.807) is 7.11 Å². The minimum atomic E-state index is 0.626. The molecule has 1 aromatic rings. The van der Waals surface area contributed by atoms with Gasteiger partial charge in [0.15, 0.2) is 11.5 Å². The van der Waals surface area contributed by atoms with Gasteiger partial charge < -0.3 is 19.5 Å². The number of hydrogen-bond donors (Lipinski definition) is 1. The average Bonchev–Trinajstić information content (AvgIpc) is 2.43. The first-order valence-corrected chi connectivity index (χ1v) is 7.79. The summed E-state index contributed by atoms with van der Waals surface area (Å²) in [6.07, 6.45) is 1.00. The van der Waals surface area contributed by atoms with E-state index in [1.807, 2.05) is 26.0 Å². The molecular formula is C15H24BrNO3. The van der Waals surface area contributed by atoms with E-state index in [1.165, 1.54) is 0 Å². The Balaban J connectivity index is 2.67. The van der Waals surface area contributed by atoms with Gasteiger partial charge in [-0.15, -0.1) is 0 Å². The van der Waals surface area contributed by atoms with E-state index in [2.05, 4.69) is 21.2 Å². The van der Waals surface area contributed by atoms with Gasteiger partial charge in [-0.1, -0.05) is 15.9 Å². The first kappa shape index (κ1) is 17.3. The van der Waals surface area contributed by atoms with Crippen molar-refractivity contribution < 1.29 is 14.2 Å². The molecule has 0 unspecified atom stereocenters. The summed E-state index contributed by atoms with van der Waals surface area (Å²) >= 11 is 3.59. The normalized spacial score (nSPS) is 10.6. The molecule has 0 aliphatic heterocycles. The summed E-state index contributed by atoms with van der Waals surface area (Å²) in [5.41, 5.74) is 1.16. The van der Waals surface area contributed by atoms with Gasteiger partial charge in [-0.05, 0) is 44.5 Å². The minimum Gasteiger partial charge on any atom is -0.490 e. The summed E-state index contributed by atoms with van der Waals surface area (Å²) in [6.45, 7) is 7.69. The molecule has 0 amide bonds. The van der Waals surface area contributed by atoms with E-state index < -0.39 is 0 Å². The lowest BCUT2D eigenvalue weighted by atomic mass is 10.2. The SMILES string of the molecule is CCOc1cc(Br)c(CNCCCOC)cc1OCC. The van der Waals surface area contributed by atoms with Crippen LogP contribution in [0.5, 0.6) is 11.5 Å². The molecule has 1 N–H and O–H groups in total. The molecule has 5 heteroatoms. The Hall–Kier alpha value is -0.780. The van der Waals surface area contributed by atoms with Crippen molar-refractivity contribution in [2.24, 2.45) is 0 Å². The van der Waals surface area contributed by atoms with Crippen molar-refractivity contribution in [1.29, 1.82) is 0 Å². The largest absolute Gasteiger partial charge is 0.490 e. The fourth-order valence-electron chi connectivity index (χ4n) is 1.81. The lowest BCUT2D eigenvalue weighted by Gasteiger charge is -2.14. The molecule has 1 rings (SSSR count). The number of benzene rings is 1. The van der Waals surface area contributed by atoms with Crippen LogP contribution in [0.4, 0.5) is 0 Å². The maximum Gasteiger partial charge on any atom is 0.162 e. The molecule has 4 nitrogen and oxygen atoms in total. The molecule has 0 spiro atoms. The molecule has 0 atom stereocenters. The number of methoxy groups -OCH3 is 1. The number of ether oxygens (including phenoxy) is 3. The summed E-state index contributed by atoms with van der Waals surface area (Å²) in [7, 11) is 1.72. The van der Waals surface area contributed by atoms with Crippen LogP contribution in [0.3, 0.4) is 0 Å². The summed E-state index contributed by atoms with van der Waals surface area (Å²) < 4.78 is 17.3. The van der Waals surface area contributed by atoms with E-state index in [0.717, 1.165) is 47.7 Å². The highest BCUT2D eigenvalue weighted by molar-refractivity contribution is 9.10. The van der Waals surface area contributed by atoms with Gasteiger partial charge in [0.05, 0.1) is 13.2 Å². The fraction of sp³-hybridized carbons (Fsp3) is 0.600. The predicted octanol–water partition coefficient (Wildman–Crippen LogP) is 3.37. The number of nitrogens with one attached hydrogen (secondary N) is 1. The third-order valence-electron chi connectivity index (χ3n) is 2.73. The van der Waals surface area contributed by atoms with Crippen LogP contribution in [-0.4, -0.2) is 33.5 Å². The molecule has 0 bridgehead atoms. The van der Waals surface area contributed by atoms with E-state index in [-0.39, 0.29) is 0 Å². The molecule has 0 aliphatic carbocycles. The quantitative estimate of drug-likeness (QED) is 0.660. The monoisotopic (exact) mass is 345 g/mol. The second-order valence-corrected chi connectivity index (χ2v) is 5.13. The lowest BCUT2D eigenvalue weighted by Crippen LogP contribution is -2.16. The first-order valence-electron chi connectivity index (χ1n) is 7.00. The standard InChI is InChI=1S/C15H24BrNO3/c1-4-19-14-9-12(11-17-7-6-8-18-3)13(16)10-15(14)20-5-2/h9-10,17H,4-8,11H2,1-3H3. The van der Waals surface area contributed by atoms with Gasteiger partial charge in [-0.25, -0.2) is 0 Å². The third kappa shape index (κ3) is 5.69. The van der Waals surface area contributed by atoms with Crippen LogP contribution in [0.25, 0.3) is 0 Å². The van der Waals surface area contributed by atoms with Crippen LogP contribution >= 0.6 is 15.9 Å². The summed E-state index contributed by atoms with van der Waals surface area (Å²) in [5.74, 6) is 1.58. The van der Waals surface area contributed by atoms with Gasteiger partial charge in [-0.2, -0.15) is 0 Å². The smallest absolute Gasteiger partial charge is 0.162 e. The molecule has 20 heavy (non-hydrogen) atoms. The zero-order valence-electron chi connectivity index (χ0n) is 12.5. The van der Waals surface area contributed by atoms with Crippen molar-refractivity contribution in [3.05, 3.63) is 22.2 Å². The zero-order valence-corrected chi connectivity index (χ0v) is 14.1. The average molecular weight is 346 g/mol. The van der Waals surface area contributed by atoms with Crippen LogP contribution in [0, 0.1) is 0 Å². The van der Waals surface area contributed by atoms with Gasteiger partial charge >= 0.3 is 0 Å². The molecule has 0 saturated carbocycles. The maximum atomic E-state index is 5.64. The second-order valence-electron chi connectivity index (χ2n) is 4.28. The van der Waals surface area contributed by atoms with Crippen molar-refractivity contribution in [3.63, 3.8) is 0 Å². The van der Waals surface area contributed by atoms with E-state index in [4.69, 9.17) is 14.2 Å². The fourth-order valence-corrected chi connectivity index (χ4v) is 2.28. The van der Waals surface area contributed by atoms with Crippen molar-refractivity contribution in [2.45, 2.75) is 26.8 Å². The number of halogens is 1. The Bertz CT molecular complexity index is 399. The highest BCUT2D eigenvalue weighted by Gasteiger charge is 2.10. The van der Waals surface area contributed by atoms with Crippen LogP contribution in [0.15, 0.2) is 16.6 Å². The number of rotatable bonds is 10. The molecule has 1 aromatic carbocycles. The van der Waals surface area contributed by atoms with Crippen LogP contribution in [0.2, 0.25) is 0 Å². The van der Waals surface area contributed by atoms with Crippen LogP contribution in [-0.2, 0) is 11.3 Å². The highest BCUT2D eigenvalue weighted by atomic mass is 79.9. The van der Waals surface area contributed by atoms with E-state index in [0.29, 0.717) is 13.2 Å². The van der Waals surface area contributed by atoms with E-state index >= 15 is 0 Å². The summed E-state index contributed by atoms with van der Waals surface area (Å²) in [6, 6.07) is 4.00. The molecule has 0 fully saturated rings. The van der Waals surface area contributed by atoms with E-state index in [9.17, 15) is 0 Å². The Morgan fingerprint density at radius 3 is 2.35 bits per heavy atom. The predicted molar refractivity (Wildman–Crippen MR) is 84.7 cm³/mol.